The van der Waals surface area contributed by atoms with Gasteiger partial charge in [0.25, 0.3) is 0 Å². The minimum absolute atomic E-state index is 0. The van der Waals surface area contributed by atoms with Crippen molar-refractivity contribution in [1.29, 1.82) is 0 Å². The van der Waals surface area contributed by atoms with Crippen LogP contribution in [-0.2, 0) is 4.65 Å². The molecule has 0 aromatic heterocycles. The van der Waals surface area contributed by atoms with Crippen LogP contribution >= 0.6 is 37.2 Å². The summed E-state index contributed by atoms with van der Waals surface area (Å²) in [6.45, 7) is 0.816. The van der Waals surface area contributed by atoms with Gasteiger partial charge >= 0.3 is 7.12 Å². The van der Waals surface area contributed by atoms with Gasteiger partial charge in [0, 0.05) is 25.0 Å². The van der Waals surface area contributed by atoms with Crippen LogP contribution in [0.25, 0.3) is 0 Å². The average molecular weight is 346 g/mol. The molecule has 1 aromatic rings. The first-order valence-electron chi connectivity index (χ1n) is 5.68. The Kier molecular flexibility index (Phi) is 11.6. The molecular weight excluding hydrogens is 327 g/mol. The normalized spacial score (nSPS) is 15.6. The Labute approximate surface area is 137 Å². The van der Waals surface area contributed by atoms with E-state index in [-0.39, 0.29) is 49.9 Å². The lowest BCUT2D eigenvalue weighted by Crippen LogP contribution is -2.30. The lowest BCUT2D eigenvalue weighted by molar-refractivity contribution is 0.198. The molecular formula is C11H19BCl3NO4. The zero-order valence-corrected chi connectivity index (χ0v) is 13.2. The summed E-state index contributed by atoms with van der Waals surface area (Å²) >= 11 is 0. The van der Waals surface area contributed by atoms with E-state index in [1.807, 2.05) is 12.1 Å². The number of aliphatic hydroxyl groups is 1. The monoisotopic (exact) mass is 345 g/mol. The van der Waals surface area contributed by atoms with Gasteiger partial charge in [-0.1, -0.05) is 12.1 Å². The molecule has 1 heterocycles. The van der Waals surface area contributed by atoms with Crippen LogP contribution in [0.15, 0.2) is 18.2 Å². The Morgan fingerprint density at radius 2 is 2.00 bits per heavy atom. The molecule has 1 aliphatic rings. The summed E-state index contributed by atoms with van der Waals surface area (Å²) in [4.78, 5) is 0. The summed E-state index contributed by atoms with van der Waals surface area (Å²) in [5.41, 5.74) is 7.10. The number of ether oxygens (including phenoxy) is 1. The molecule has 1 atom stereocenters. The molecule has 5 nitrogen and oxygen atoms in total. The van der Waals surface area contributed by atoms with E-state index >= 15 is 0 Å². The predicted octanol–water partition coefficient (Wildman–Crippen LogP) is 0.431. The third kappa shape index (κ3) is 4.67. The van der Waals surface area contributed by atoms with Crippen molar-refractivity contribution in [3.05, 3.63) is 23.8 Å². The van der Waals surface area contributed by atoms with Crippen LogP contribution in [-0.4, -0.2) is 37.0 Å². The van der Waals surface area contributed by atoms with Crippen molar-refractivity contribution < 1.29 is 19.5 Å². The minimum atomic E-state index is -0.983. The van der Waals surface area contributed by atoms with Crippen molar-refractivity contribution >= 4 is 49.8 Å². The summed E-state index contributed by atoms with van der Waals surface area (Å²) in [5, 5.41) is 18.5. The van der Waals surface area contributed by atoms with E-state index in [0.717, 1.165) is 5.56 Å². The number of benzene rings is 1. The molecule has 116 valence electrons. The summed E-state index contributed by atoms with van der Waals surface area (Å²) < 4.78 is 10.8. The van der Waals surface area contributed by atoms with Gasteiger partial charge in [0.05, 0.1) is 12.7 Å². The quantitative estimate of drug-likeness (QED) is 0.532. The minimum Gasteiger partial charge on any atom is -0.494 e. The zero-order chi connectivity index (χ0) is 12.3. The van der Waals surface area contributed by atoms with Crippen LogP contribution in [0.3, 0.4) is 0 Å². The predicted molar refractivity (Wildman–Crippen MR) is 85.9 cm³/mol. The molecule has 9 heteroatoms. The number of hydrogen-bond donors (Lipinski definition) is 3. The SMILES string of the molecule is Cl.Cl.Cl.NC[C@H]1OB(O)c2c(OCCCO)cccc21. The van der Waals surface area contributed by atoms with Gasteiger partial charge in [0.2, 0.25) is 0 Å². The summed E-state index contributed by atoms with van der Waals surface area (Å²) in [6.07, 6.45) is 0.280. The second-order valence-electron chi connectivity index (χ2n) is 3.90. The van der Waals surface area contributed by atoms with Crippen molar-refractivity contribution in [1.82, 2.24) is 0 Å². The number of nitrogens with two attached hydrogens (primary N) is 1. The highest BCUT2D eigenvalue weighted by atomic mass is 35.5. The number of aliphatic hydroxyl groups excluding tert-OH is 1. The standard InChI is InChI=1S/C11H16BNO4.3ClH/c13-7-10-8-3-1-4-9(16-6-2-5-14)11(8)12(15)17-10;;;/h1,3-4,10,14-15H,2,5-7,13H2;3*1H/t10-;;;/m1.../s1. The first-order chi connectivity index (χ1) is 8.27. The Hall–Kier alpha value is -0.205. The average Bonchev–Trinajstić information content (AvgIpc) is 2.68. The molecule has 4 N–H and O–H groups in total. The lowest BCUT2D eigenvalue weighted by atomic mass is 9.78. The maximum absolute atomic E-state index is 9.81. The molecule has 0 unspecified atom stereocenters. The number of fused-ring (bicyclic) bond motifs is 1. The van der Waals surface area contributed by atoms with Crippen LogP contribution in [0.2, 0.25) is 0 Å². The van der Waals surface area contributed by atoms with Gasteiger partial charge in [0.1, 0.15) is 5.75 Å². The zero-order valence-electron chi connectivity index (χ0n) is 10.7. The van der Waals surface area contributed by atoms with Gasteiger partial charge in [-0.3, -0.25) is 0 Å². The smallest absolute Gasteiger partial charge is 0.494 e. The number of hydrogen-bond acceptors (Lipinski definition) is 5. The highest BCUT2D eigenvalue weighted by Gasteiger charge is 2.37. The molecule has 0 fully saturated rings. The Morgan fingerprint density at radius 3 is 2.60 bits per heavy atom. The molecule has 0 saturated heterocycles. The van der Waals surface area contributed by atoms with Crippen molar-refractivity contribution in [2.24, 2.45) is 5.73 Å². The fourth-order valence-electron chi connectivity index (χ4n) is 1.96. The summed E-state index contributed by atoms with van der Waals surface area (Å²) in [5.74, 6) is 0.597. The van der Waals surface area contributed by atoms with E-state index in [4.69, 9.17) is 20.2 Å². The van der Waals surface area contributed by atoms with Gasteiger partial charge in [-0.05, 0) is 11.6 Å². The third-order valence-electron chi connectivity index (χ3n) is 2.76. The second-order valence-corrected chi connectivity index (χ2v) is 3.90. The van der Waals surface area contributed by atoms with E-state index in [1.165, 1.54) is 0 Å². The highest BCUT2D eigenvalue weighted by molar-refractivity contribution is 6.62. The maximum atomic E-state index is 9.81. The molecule has 1 aliphatic heterocycles. The number of rotatable bonds is 5. The van der Waals surface area contributed by atoms with Crippen molar-refractivity contribution in [3.8, 4) is 5.75 Å². The molecule has 1 aromatic carbocycles. The molecule has 0 aliphatic carbocycles. The van der Waals surface area contributed by atoms with Crippen molar-refractivity contribution in [2.45, 2.75) is 12.5 Å². The van der Waals surface area contributed by atoms with Crippen LogP contribution in [0.4, 0.5) is 0 Å². The second kappa shape index (κ2) is 10.5. The van der Waals surface area contributed by atoms with E-state index in [0.29, 0.717) is 30.8 Å². The Balaban J connectivity index is 0. The van der Waals surface area contributed by atoms with Crippen molar-refractivity contribution in [3.63, 3.8) is 0 Å². The van der Waals surface area contributed by atoms with Gasteiger partial charge in [-0.15, -0.1) is 37.2 Å². The van der Waals surface area contributed by atoms with Gasteiger partial charge in [0.15, 0.2) is 0 Å². The fraction of sp³-hybridized carbons (Fsp3) is 0.455. The largest absolute Gasteiger partial charge is 0.495 e. The summed E-state index contributed by atoms with van der Waals surface area (Å²) in [6, 6.07) is 5.50. The van der Waals surface area contributed by atoms with Gasteiger partial charge in [-0.25, -0.2) is 0 Å². The topological polar surface area (TPSA) is 84.9 Å². The van der Waals surface area contributed by atoms with Crippen molar-refractivity contribution in [2.75, 3.05) is 19.8 Å². The lowest BCUT2D eigenvalue weighted by Gasteiger charge is -2.11. The molecule has 0 amide bonds. The first kappa shape index (κ1) is 22.1. The van der Waals surface area contributed by atoms with Crippen LogP contribution < -0.4 is 15.9 Å². The molecule has 0 saturated carbocycles. The van der Waals surface area contributed by atoms with E-state index in [2.05, 4.69) is 0 Å². The number of halogens is 3. The Morgan fingerprint density at radius 1 is 1.30 bits per heavy atom. The van der Waals surface area contributed by atoms with Crippen LogP contribution in [0.5, 0.6) is 5.75 Å². The van der Waals surface area contributed by atoms with Crippen LogP contribution in [0, 0.1) is 0 Å². The third-order valence-corrected chi connectivity index (χ3v) is 2.76. The van der Waals surface area contributed by atoms with E-state index in [1.54, 1.807) is 6.07 Å². The highest BCUT2D eigenvalue weighted by Crippen LogP contribution is 2.26. The maximum Gasteiger partial charge on any atom is 0.495 e. The molecule has 0 bridgehead atoms. The molecule has 2 rings (SSSR count). The van der Waals surface area contributed by atoms with E-state index < -0.39 is 7.12 Å². The fourth-order valence-corrected chi connectivity index (χ4v) is 1.96. The van der Waals surface area contributed by atoms with Gasteiger partial charge in [-0.2, -0.15) is 0 Å². The molecule has 20 heavy (non-hydrogen) atoms. The van der Waals surface area contributed by atoms with E-state index in [9.17, 15) is 5.02 Å². The Bertz CT molecular complexity index is 400. The first-order valence-corrected chi connectivity index (χ1v) is 5.68. The van der Waals surface area contributed by atoms with Gasteiger partial charge < -0.3 is 25.3 Å². The van der Waals surface area contributed by atoms with Crippen LogP contribution in [0.1, 0.15) is 18.1 Å². The summed E-state index contributed by atoms with van der Waals surface area (Å²) in [7, 11) is -0.983. The molecule has 0 spiro atoms. The molecule has 0 radical (unpaired) electrons.